The van der Waals surface area contributed by atoms with Gasteiger partial charge < -0.3 is 11.1 Å². The van der Waals surface area contributed by atoms with Crippen LogP contribution in [0.2, 0.25) is 5.02 Å². The minimum atomic E-state index is -0.178. The summed E-state index contributed by atoms with van der Waals surface area (Å²) in [5, 5.41) is 11.2. The van der Waals surface area contributed by atoms with Gasteiger partial charge in [-0.05, 0) is 48.4 Å². The Morgan fingerprint density at radius 2 is 2.17 bits per heavy atom. The van der Waals surface area contributed by atoms with Gasteiger partial charge in [-0.1, -0.05) is 29.8 Å². The number of nitrogen functional groups attached to an aromatic ring is 1. The molecule has 24 heavy (non-hydrogen) atoms. The molecule has 3 aromatic rings. The zero-order valence-corrected chi connectivity index (χ0v) is 13.8. The molecule has 0 aliphatic heterocycles. The molecule has 2 aromatic carbocycles. The summed E-state index contributed by atoms with van der Waals surface area (Å²) in [5.41, 5.74) is 8.48. The Morgan fingerprint density at radius 1 is 1.33 bits per heavy atom. The Hall–Kier alpha value is -2.79. The van der Waals surface area contributed by atoms with Gasteiger partial charge in [-0.2, -0.15) is 5.10 Å². The molecule has 0 radical (unpaired) electrons. The first-order chi connectivity index (χ1) is 11.5. The minimum absolute atomic E-state index is 0.132. The van der Waals surface area contributed by atoms with Gasteiger partial charge in [0.2, 0.25) is 5.91 Å². The molecular formula is C18H17ClN4O. The molecule has 1 atom stereocenters. The average molecular weight is 341 g/mol. The smallest absolute Gasteiger partial charge is 0.244 e. The molecule has 122 valence electrons. The second-order valence-electron chi connectivity index (χ2n) is 5.53. The van der Waals surface area contributed by atoms with E-state index in [0.717, 1.165) is 22.0 Å². The number of halogens is 1. The third-order valence-electron chi connectivity index (χ3n) is 3.75. The SMILES string of the molecule is CC(NC(=O)/C=C/c1ccc2[nH]nc(N)c2c1)c1cccc(Cl)c1. The number of carbonyl (C=O) groups excluding carboxylic acids is 1. The van der Waals surface area contributed by atoms with Crippen LogP contribution in [-0.4, -0.2) is 16.1 Å². The standard InChI is InChI=1S/C18H17ClN4O/c1-11(13-3-2-4-14(19)10-13)21-17(24)8-6-12-5-7-16-15(9-12)18(20)23-22-16/h2-11H,1H3,(H,21,24)(H3,20,22,23)/b8-6+. The second kappa shape index (κ2) is 6.76. The van der Waals surface area contributed by atoms with Crippen LogP contribution in [0.3, 0.4) is 0 Å². The van der Waals surface area contributed by atoms with Crippen molar-refractivity contribution in [1.29, 1.82) is 0 Å². The fourth-order valence-corrected chi connectivity index (χ4v) is 2.65. The van der Waals surface area contributed by atoms with E-state index in [1.54, 1.807) is 12.1 Å². The molecule has 0 fully saturated rings. The van der Waals surface area contributed by atoms with Crippen LogP contribution in [0, 0.1) is 0 Å². The van der Waals surface area contributed by atoms with Crippen LogP contribution in [-0.2, 0) is 4.79 Å². The highest BCUT2D eigenvalue weighted by molar-refractivity contribution is 6.30. The highest BCUT2D eigenvalue weighted by Crippen LogP contribution is 2.20. The summed E-state index contributed by atoms with van der Waals surface area (Å²) in [6.45, 7) is 1.91. The van der Waals surface area contributed by atoms with Gasteiger partial charge >= 0.3 is 0 Å². The van der Waals surface area contributed by atoms with E-state index in [9.17, 15) is 4.79 Å². The van der Waals surface area contributed by atoms with Crippen LogP contribution in [0.4, 0.5) is 5.82 Å². The van der Waals surface area contributed by atoms with E-state index in [4.69, 9.17) is 17.3 Å². The van der Waals surface area contributed by atoms with E-state index in [1.807, 2.05) is 43.3 Å². The number of anilines is 1. The average Bonchev–Trinajstić information content (AvgIpc) is 2.94. The van der Waals surface area contributed by atoms with Gasteiger partial charge in [0.05, 0.1) is 11.6 Å². The van der Waals surface area contributed by atoms with Crippen molar-refractivity contribution in [2.75, 3.05) is 5.73 Å². The van der Waals surface area contributed by atoms with Gasteiger partial charge in [0, 0.05) is 16.5 Å². The summed E-state index contributed by atoms with van der Waals surface area (Å²) in [6, 6.07) is 13.0. The molecule has 1 heterocycles. The molecule has 3 rings (SSSR count). The largest absolute Gasteiger partial charge is 0.382 e. The Bertz CT molecular complexity index is 916. The van der Waals surface area contributed by atoms with Crippen molar-refractivity contribution in [2.45, 2.75) is 13.0 Å². The van der Waals surface area contributed by atoms with Crippen molar-refractivity contribution in [3.63, 3.8) is 0 Å². The van der Waals surface area contributed by atoms with Crippen LogP contribution in [0.5, 0.6) is 0 Å². The Balaban J connectivity index is 1.68. The number of nitrogens with one attached hydrogen (secondary N) is 2. The second-order valence-corrected chi connectivity index (χ2v) is 5.97. The van der Waals surface area contributed by atoms with Crippen LogP contribution in [0.25, 0.3) is 17.0 Å². The van der Waals surface area contributed by atoms with Gasteiger partial charge in [0.25, 0.3) is 0 Å². The van der Waals surface area contributed by atoms with Crippen molar-refractivity contribution in [1.82, 2.24) is 15.5 Å². The quantitative estimate of drug-likeness (QED) is 0.633. The number of hydrogen-bond acceptors (Lipinski definition) is 3. The van der Waals surface area contributed by atoms with E-state index in [1.165, 1.54) is 6.08 Å². The Morgan fingerprint density at radius 3 is 2.96 bits per heavy atom. The van der Waals surface area contributed by atoms with Gasteiger partial charge in [-0.25, -0.2) is 0 Å². The number of aromatic amines is 1. The first kappa shape index (κ1) is 16.1. The van der Waals surface area contributed by atoms with Crippen LogP contribution < -0.4 is 11.1 Å². The molecule has 0 saturated carbocycles. The Labute approximate surface area is 144 Å². The first-order valence-corrected chi connectivity index (χ1v) is 7.88. The van der Waals surface area contributed by atoms with E-state index in [2.05, 4.69) is 15.5 Å². The van der Waals surface area contributed by atoms with Crippen molar-refractivity contribution < 1.29 is 4.79 Å². The number of H-pyrrole nitrogens is 1. The van der Waals surface area contributed by atoms with Crippen LogP contribution in [0.1, 0.15) is 24.1 Å². The van der Waals surface area contributed by atoms with Gasteiger partial charge in [-0.3, -0.25) is 9.89 Å². The van der Waals surface area contributed by atoms with Gasteiger partial charge in [0.15, 0.2) is 5.82 Å². The molecular weight excluding hydrogens is 324 g/mol. The normalized spacial score (nSPS) is 12.6. The lowest BCUT2D eigenvalue weighted by Gasteiger charge is -2.13. The number of hydrogen-bond donors (Lipinski definition) is 3. The van der Waals surface area contributed by atoms with Crippen LogP contribution in [0.15, 0.2) is 48.5 Å². The number of rotatable bonds is 4. The number of nitrogens with two attached hydrogens (primary N) is 1. The predicted octanol–water partition coefficient (Wildman–Crippen LogP) is 3.69. The molecule has 0 bridgehead atoms. The number of benzene rings is 2. The molecule has 6 heteroatoms. The number of aromatic nitrogens is 2. The summed E-state index contributed by atoms with van der Waals surface area (Å²) in [7, 11) is 0. The Kier molecular flexibility index (Phi) is 4.53. The van der Waals surface area contributed by atoms with Crippen molar-refractivity contribution in [3.8, 4) is 0 Å². The lowest BCUT2D eigenvalue weighted by Crippen LogP contribution is -2.24. The third-order valence-corrected chi connectivity index (χ3v) is 3.99. The maximum absolute atomic E-state index is 12.1. The lowest BCUT2D eigenvalue weighted by molar-refractivity contribution is -0.117. The number of carbonyl (C=O) groups is 1. The molecule has 4 N–H and O–H groups in total. The molecule has 1 unspecified atom stereocenters. The fraction of sp³-hybridized carbons (Fsp3) is 0.111. The van der Waals surface area contributed by atoms with Crippen molar-refractivity contribution in [2.24, 2.45) is 0 Å². The molecule has 5 nitrogen and oxygen atoms in total. The van der Waals surface area contributed by atoms with Gasteiger partial charge in [-0.15, -0.1) is 0 Å². The predicted molar refractivity (Wildman–Crippen MR) is 97.5 cm³/mol. The number of fused-ring (bicyclic) bond motifs is 1. The summed E-state index contributed by atoms with van der Waals surface area (Å²) >= 11 is 5.97. The maximum atomic E-state index is 12.1. The molecule has 0 aliphatic rings. The molecule has 1 aromatic heterocycles. The zero-order valence-electron chi connectivity index (χ0n) is 13.1. The summed E-state index contributed by atoms with van der Waals surface area (Å²) < 4.78 is 0. The molecule has 1 amide bonds. The van der Waals surface area contributed by atoms with E-state index >= 15 is 0 Å². The number of nitrogens with zero attached hydrogens (tertiary/aromatic N) is 1. The van der Waals surface area contributed by atoms with Gasteiger partial charge in [0.1, 0.15) is 0 Å². The summed E-state index contributed by atoms with van der Waals surface area (Å²) in [4.78, 5) is 12.1. The van der Waals surface area contributed by atoms with E-state index in [0.29, 0.717) is 10.8 Å². The first-order valence-electron chi connectivity index (χ1n) is 7.50. The molecule has 0 saturated heterocycles. The third kappa shape index (κ3) is 3.58. The fourth-order valence-electron chi connectivity index (χ4n) is 2.45. The van der Waals surface area contributed by atoms with Crippen LogP contribution >= 0.6 is 11.6 Å². The highest BCUT2D eigenvalue weighted by Gasteiger charge is 2.08. The van der Waals surface area contributed by atoms with Crippen molar-refractivity contribution >= 4 is 40.3 Å². The lowest BCUT2D eigenvalue weighted by atomic mass is 10.1. The molecule has 0 aliphatic carbocycles. The zero-order chi connectivity index (χ0) is 17.1. The monoisotopic (exact) mass is 340 g/mol. The van der Waals surface area contributed by atoms with Crippen molar-refractivity contribution in [3.05, 3.63) is 64.7 Å². The van der Waals surface area contributed by atoms with E-state index in [-0.39, 0.29) is 11.9 Å². The highest BCUT2D eigenvalue weighted by atomic mass is 35.5. The summed E-state index contributed by atoms with van der Waals surface area (Å²) in [6.07, 6.45) is 3.24. The maximum Gasteiger partial charge on any atom is 0.244 e. The summed E-state index contributed by atoms with van der Waals surface area (Å²) in [5.74, 6) is 0.266. The number of amides is 1. The minimum Gasteiger partial charge on any atom is -0.382 e. The van der Waals surface area contributed by atoms with E-state index < -0.39 is 0 Å². The molecule has 0 spiro atoms. The topological polar surface area (TPSA) is 83.8 Å².